The summed E-state index contributed by atoms with van der Waals surface area (Å²) in [7, 11) is 9.85. The molecule has 2 saturated heterocycles. The van der Waals surface area contributed by atoms with E-state index in [0.29, 0.717) is 11.5 Å². The topological polar surface area (TPSA) is 138 Å². The van der Waals surface area contributed by atoms with E-state index in [-0.39, 0.29) is 52.9 Å². The smallest absolute Gasteiger partial charge is 0.344 e. The second-order valence-electron chi connectivity index (χ2n) is 8.43. The molecule has 2 radical (unpaired) electrons. The van der Waals surface area contributed by atoms with Gasteiger partial charge < -0.3 is 47.5 Å². The van der Waals surface area contributed by atoms with Gasteiger partial charge in [0.15, 0.2) is 31.7 Å². The van der Waals surface area contributed by atoms with Crippen molar-refractivity contribution in [2.45, 2.75) is 49.7 Å². The third-order valence-electron chi connectivity index (χ3n) is 5.78. The van der Waals surface area contributed by atoms with Gasteiger partial charge in [-0.2, -0.15) is 0 Å². The Morgan fingerprint density at radius 1 is 1.02 bits per heavy atom. The van der Waals surface area contributed by atoms with Crippen molar-refractivity contribution in [3.8, 4) is 11.5 Å². The summed E-state index contributed by atoms with van der Waals surface area (Å²) in [6, 6.07) is 5.89. The van der Waals surface area contributed by atoms with Gasteiger partial charge in [-0.3, -0.25) is 15.7 Å². The van der Waals surface area contributed by atoms with Gasteiger partial charge in [-0.1, -0.05) is 6.00 Å². The summed E-state index contributed by atoms with van der Waals surface area (Å²) in [5, 5.41) is 2.46. The summed E-state index contributed by atoms with van der Waals surface area (Å²) in [4.78, 5) is 23.9. The van der Waals surface area contributed by atoms with Gasteiger partial charge in [0.05, 0.1) is 26.7 Å². The Bertz CT molecular complexity index is 918. The quantitative estimate of drug-likeness (QED) is 0.118. The molecule has 2 fully saturated rings. The first kappa shape index (κ1) is 34.9. The summed E-state index contributed by atoms with van der Waals surface area (Å²) in [6.45, 7) is 1.35. The molecule has 8 atom stereocenters. The molecule has 40 heavy (non-hydrogen) atoms. The molecule has 13 nitrogen and oxygen atoms in total. The third kappa shape index (κ3) is 10.2. The normalized spacial score (nSPS) is 28.4. The van der Waals surface area contributed by atoms with Crippen molar-refractivity contribution in [2.75, 3.05) is 48.2 Å². The molecule has 0 saturated carbocycles. The van der Waals surface area contributed by atoms with Crippen LogP contribution in [-0.4, -0.2) is 111 Å². The van der Waals surface area contributed by atoms with Gasteiger partial charge in [-0.15, -0.1) is 0 Å². The molecule has 0 aliphatic carbocycles. The zero-order valence-electron chi connectivity index (χ0n) is 22.9. The van der Waals surface area contributed by atoms with Gasteiger partial charge in [0.2, 0.25) is 0 Å². The van der Waals surface area contributed by atoms with E-state index in [4.69, 9.17) is 54.6 Å². The third-order valence-corrected chi connectivity index (χ3v) is 6.86. The number of likely N-dealkylation sites (N-methyl/N-ethyl adjacent to an activating group) is 1. The molecule has 1 N–H and O–H groups in total. The van der Waals surface area contributed by atoms with Crippen LogP contribution >= 0.6 is 8.60 Å². The Hall–Kier alpha value is -1.34. The van der Waals surface area contributed by atoms with E-state index in [1.54, 1.807) is 44.7 Å². The molecule has 0 bridgehead atoms. The monoisotopic (exact) mass is 754 g/mol. The Balaban J connectivity index is 0.00000560. The molecule has 222 valence electrons. The minimum Gasteiger partial charge on any atom is -0.484 e. The number of methoxy groups -OCH3 is 2. The summed E-state index contributed by atoms with van der Waals surface area (Å²) >= 11 is 0. The van der Waals surface area contributed by atoms with Gasteiger partial charge in [-0.25, -0.2) is 4.79 Å². The molecule has 1 aromatic carbocycles. The van der Waals surface area contributed by atoms with E-state index in [2.05, 4.69) is 5.32 Å². The summed E-state index contributed by atoms with van der Waals surface area (Å²) in [6.07, 6.45) is -2.09. The predicted octanol–water partition coefficient (Wildman–Crippen LogP) is 0.878. The molecule has 2 aliphatic heterocycles. The van der Waals surface area contributed by atoms with Crippen LogP contribution in [0.1, 0.15) is 6.92 Å². The molecule has 0 aromatic heterocycles. The fourth-order valence-corrected chi connectivity index (χ4v) is 4.73. The Morgan fingerprint density at radius 2 is 1.68 bits per heavy atom. The number of nitrogens with one attached hydrogen (secondary N) is 1. The van der Waals surface area contributed by atoms with E-state index >= 15 is 0 Å². The molecular weight excluding hydrogens is 720 g/mol. The van der Waals surface area contributed by atoms with E-state index in [9.17, 15) is 9.59 Å². The van der Waals surface area contributed by atoms with Gasteiger partial charge >= 0.3 is 14.6 Å². The summed E-state index contributed by atoms with van der Waals surface area (Å²) in [5.74, 6) is -0.00703. The zero-order valence-corrected chi connectivity index (χ0v) is 26.7. The Morgan fingerprint density at radius 3 is 2.25 bits per heavy atom. The Labute approximate surface area is 250 Å². The number of rotatable bonds is 15. The van der Waals surface area contributed by atoms with Gasteiger partial charge in [0.1, 0.15) is 11.5 Å². The standard InChI is InChI=1S/C24H34BNO12P.W/c1-14-22(37-21(28)13-33-16-8-6-15(7-9-16)32-12-20(27)26-2)23(24(30-4)35-14)38-39(31-5)34-11-18-17(29-3)10-19(25)36-18;/h6-10,14,17-19,22-24H,11-13H2,1-5H3,(H,26,27);/q-1;/t14-,17?,18+,19+,22?,23?,24-,39?;/m0./s1. The fourth-order valence-electron chi connectivity index (χ4n) is 3.79. The zero-order chi connectivity index (χ0) is 28.4. The van der Waals surface area contributed by atoms with Gasteiger partial charge in [0, 0.05) is 49.4 Å². The van der Waals surface area contributed by atoms with Crippen molar-refractivity contribution < 1.29 is 77.4 Å². The van der Waals surface area contributed by atoms with Crippen molar-refractivity contribution in [2.24, 2.45) is 0 Å². The van der Waals surface area contributed by atoms with Crippen LogP contribution in [0.15, 0.2) is 24.3 Å². The molecule has 3 rings (SSSR count). The molecular formula is C24H34BNO12PW-. The van der Waals surface area contributed by atoms with Crippen LogP contribution in [0.3, 0.4) is 0 Å². The maximum Gasteiger partial charge on any atom is 0.344 e. The van der Waals surface area contributed by atoms with Crippen LogP contribution in [0.2, 0.25) is 0 Å². The Kier molecular flexibility index (Phi) is 15.3. The predicted molar refractivity (Wildman–Crippen MR) is 137 cm³/mol. The number of carbonyl (C=O) groups excluding carboxylic acids is 2. The number of esters is 1. The minimum atomic E-state index is -1.89. The van der Waals surface area contributed by atoms with Crippen LogP contribution in [0, 0.1) is 6.42 Å². The maximum absolute atomic E-state index is 12.6. The van der Waals surface area contributed by atoms with Crippen LogP contribution in [0.25, 0.3) is 0 Å². The number of benzene rings is 1. The summed E-state index contributed by atoms with van der Waals surface area (Å²) in [5.41, 5.74) is 0. The molecule has 2 aliphatic rings. The first-order chi connectivity index (χ1) is 18.8. The number of hydrogen-bond acceptors (Lipinski definition) is 12. The van der Waals surface area contributed by atoms with E-state index < -0.39 is 51.3 Å². The molecule has 2 heterocycles. The van der Waals surface area contributed by atoms with Crippen molar-refractivity contribution >= 4 is 28.3 Å². The number of hydrogen-bond donors (Lipinski definition) is 1. The van der Waals surface area contributed by atoms with Crippen LogP contribution in [0.5, 0.6) is 11.5 Å². The minimum absolute atomic E-state index is 0. The molecule has 1 amide bonds. The first-order valence-electron chi connectivity index (χ1n) is 12.1. The fraction of sp³-hybridized carbons (Fsp3) is 0.625. The summed E-state index contributed by atoms with van der Waals surface area (Å²) < 4.78 is 55.7. The number of amides is 1. The van der Waals surface area contributed by atoms with E-state index in [1.807, 2.05) is 0 Å². The average Bonchev–Trinajstić information content (AvgIpc) is 3.46. The van der Waals surface area contributed by atoms with Crippen molar-refractivity contribution in [1.29, 1.82) is 0 Å². The van der Waals surface area contributed by atoms with Gasteiger partial charge in [0.25, 0.3) is 5.91 Å². The van der Waals surface area contributed by atoms with Crippen LogP contribution in [-0.2, 0) is 67.9 Å². The maximum atomic E-state index is 12.6. The van der Waals surface area contributed by atoms with Gasteiger partial charge in [-0.05, 0) is 37.3 Å². The second kappa shape index (κ2) is 17.6. The SMILES string of the molecule is [B][C@H]1[CH-]C(OC)[C@@H](COP(OC)OC2C(OC(=O)COc3ccc(OCC(=O)NC)cc3)[C@H](C)O[C@@H]2OC)O1.[W]. The average molecular weight is 754 g/mol. The van der Waals surface area contributed by atoms with E-state index in [1.165, 1.54) is 21.3 Å². The molecule has 1 aromatic rings. The van der Waals surface area contributed by atoms with Crippen molar-refractivity contribution in [3.05, 3.63) is 30.7 Å². The van der Waals surface area contributed by atoms with E-state index in [0.717, 1.165) is 0 Å². The number of ether oxygens (including phenoxy) is 7. The van der Waals surface area contributed by atoms with Crippen molar-refractivity contribution in [1.82, 2.24) is 5.32 Å². The van der Waals surface area contributed by atoms with Crippen LogP contribution < -0.4 is 14.8 Å². The largest absolute Gasteiger partial charge is 0.484 e. The second-order valence-corrected chi connectivity index (χ2v) is 9.71. The van der Waals surface area contributed by atoms with Crippen LogP contribution in [0.4, 0.5) is 0 Å². The molecule has 16 heteroatoms. The molecule has 0 spiro atoms. The van der Waals surface area contributed by atoms with Crippen molar-refractivity contribution in [3.63, 3.8) is 0 Å². The first-order valence-corrected chi connectivity index (χ1v) is 13.2. The number of carbonyl (C=O) groups is 2. The molecule has 4 unspecified atom stereocenters.